The van der Waals surface area contributed by atoms with Crippen molar-refractivity contribution in [2.45, 2.75) is 27.7 Å². The number of phenolic OH excluding ortho intramolecular Hbond substituents is 2. The van der Waals surface area contributed by atoms with Crippen LogP contribution in [0.1, 0.15) is 22.3 Å². The molecular formula is C22H26O2Si2. The van der Waals surface area contributed by atoms with Crippen molar-refractivity contribution in [2.24, 2.45) is 0 Å². The van der Waals surface area contributed by atoms with Crippen LogP contribution in [0.3, 0.4) is 0 Å². The van der Waals surface area contributed by atoms with E-state index in [4.69, 9.17) is 0 Å². The SMILES string of the molecule is Cc1cccc([SiH2]c2ccc([SiH2]c3cccc(C)c3C)c(O)c2O)c1C. The molecule has 0 unspecified atom stereocenters. The summed E-state index contributed by atoms with van der Waals surface area (Å²) in [5.74, 6) is 0.181. The number of benzene rings is 3. The molecule has 3 aromatic carbocycles. The molecule has 0 aliphatic heterocycles. The lowest BCUT2D eigenvalue weighted by Crippen LogP contribution is -2.34. The first kappa shape index (κ1) is 18.5. The Morgan fingerprint density at radius 1 is 0.538 bits per heavy atom. The van der Waals surface area contributed by atoms with Gasteiger partial charge in [0.25, 0.3) is 0 Å². The predicted molar refractivity (Wildman–Crippen MR) is 117 cm³/mol. The molecule has 0 bridgehead atoms. The van der Waals surface area contributed by atoms with Crippen LogP contribution in [0.2, 0.25) is 0 Å². The van der Waals surface area contributed by atoms with E-state index in [2.05, 4.69) is 64.1 Å². The van der Waals surface area contributed by atoms with Crippen LogP contribution in [-0.4, -0.2) is 29.3 Å². The second-order valence-electron chi connectivity index (χ2n) is 7.15. The van der Waals surface area contributed by atoms with Gasteiger partial charge in [0.2, 0.25) is 0 Å². The molecule has 26 heavy (non-hydrogen) atoms. The van der Waals surface area contributed by atoms with Crippen LogP contribution in [0.5, 0.6) is 11.5 Å². The van der Waals surface area contributed by atoms with Gasteiger partial charge in [-0.1, -0.05) is 58.9 Å². The third-order valence-corrected chi connectivity index (χ3v) is 9.71. The lowest BCUT2D eigenvalue weighted by Gasteiger charge is -2.14. The van der Waals surface area contributed by atoms with Gasteiger partial charge in [0.15, 0.2) is 11.5 Å². The molecule has 134 valence electrons. The maximum atomic E-state index is 10.6. The van der Waals surface area contributed by atoms with Gasteiger partial charge in [-0.3, -0.25) is 0 Å². The van der Waals surface area contributed by atoms with E-state index in [1.807, 2.05) is 12.1 Å². The maximum absolute atomic E-state index is 10.6. The Bertz CT molecular complexity index is 886. The van der Waals surface area contributed by atoms with E-state index in [0.717, 1.165) is 10.4 Å². The van der Waals surface area contributed by atoms with E-state index < -0.39 is 19.0 Å². The van der Waals surface area contributed by atoms with Crippen molar-refractivity contribution in [3.05, 3.63) is 70.8 Å². The number of phenols is 2. The summed E-state index contributed by atoms with van der Waals surface area (Å²) in [6, 6.07) is 16.7. The van der Waals surface area contributed by atoms with Crippen molar-refractivity contribution in [3.8, 4) is 11.5 Å². The Morgan fingerprint density at radius 3 is 1.31 bits per heavy atom. The molecular weight excluding hydrogens is 352 g/mol. The topological polar surface area (TPSA) is 40.5 Å². The van der Waals surface area contributed by atoms with Gasteiger partial charge >= 0.3 is 0 Å². The summed E-state index contributed by atoms with van der Waals surface area (Å²) < 4.78 is 0. The van der Waals surface area contributed by atoms with Gasteiger partial charge in [-0.25, -0.2) is 0 Å². The molecule has 0 saturated carbocycles. The molecule has 0 aromatic heterocycles. The highest BCUT2D eigenvalue weighted by molar-refractivity contribution is 6.71. The molecule has 0 spiro atoms. The van der Waals surface area contributed by atoms with Crippen LogP contribution in [0.4, 0.5) is 0 Å². The van der Waals surface area contributed by atoms with E-state index >= 15 is 0 Å². The van der Waals surface area contributed by atoms with Crippen LogP contribution in [0.25, 0.3) is 0 Å². The van der Waals surface area contributed by atoms with Gasteiger partial charge in [-0.15, -0.1) is 0 Å². The number of aromatic hydroxyl groups is 2. The van der Waals surface area contributed by atoms with E-state index in [1.54, 1.807) is 0 Å². The summed E-state index contributed by atoms with van der Waals surface area (Å²) in [6.07, 6.45) is 0. The molecule has 4 heteroatoms. The van der Waals surface area contributed by atoms with Gasteiger partial charge in [0, 0.05) is 0 Å². The number of rotatable bonds is 4. The number of aryl methyl sites for hydroxylation is 2. The number of hydrogen-bond donors (Lipinski definition) is 2. The Labute approximate surface area is 160 Å². The highest BCUT2D eigenvalue weighted by Gasteiger charge is 2.15. The zero-order valence-electron chi connectivity index (χ0n) is 15.9. The van der Waals surface area contributed by atoms with Crippen molar-refractivity contribution >= 4 is 39.8 Å². The van der Waals surface area contributed by atoms with Crippen molar-refractivity contribution in [2.75, 3.05) is 0 Å². The predicted octanol–water partition coefficient (Wildman–Crippen LogP) is 0.571. The first-order valence-corrected chi connectivity index (χ1v) is 11.8. The van der Waals surface area contributed by atoms with Crippen molar-refractivity contribution in [1.29, 1.82) is 0 Å². The molecule has 3 aromatic rings. The van der Waals surface area contributed by atoms with Gasteiger partial charge in [-0.05, 0) is 60.3 Å². The lowest BCUT2D eigenvalue weighted by molar-refractivity contribution is 0.409. The van der Waals surface area contributed by atoms with Crippen LogP contribution >= 0.6 is 0 Å². The number of hydrogen-bond acceptors (Lipinski definition) is 2. The molecule has 2 nitrogen and oxygen atoms in total. The first-order valence-electron chi connectivity index (χ1n) is 9.01. The largest absolute Gasteiger partial charge is 0.504 e. The van der Waals surface area contributed by atoms with E-state index in [-0.39, 0.29) is 11.5 Å². The normalized spacial score (nSPS) is 11.8. The molecule has 2 N–H and O–H groups in total. The third-order valence-electron chi connectivity index (χ3n) is 5.51. The zero-order valence-corrected chi connectivity index (χ0v) is 18.8. The third kappa shape index (κ3) is 3.61. The standard InChI is InChI=1S/C22H26O2Si2/c1-13-7-5-9-17(15(13)3)25-19-11-12-20(22(24)21(19)23)26-18-10-6-8-14(2)16(18)4/h5-12,23-24H,25-26H2,1-4H3. The highest BCUT2D eigenvalue weighted by atomic mass is 28.2. The van der Waals surface area contributed by atoms with Gasteiger partial charge < -0.3 is 10.2 Å². The highest BCUT2D eigenvalue weighted by Crippen LogP contribution is 2.18. The molecule has 0 saturated heterocycles. The molecule has 0 fully saturated rings. The Morgan fingerprint density at radius 2 is 0.923 bits per heavy atom. The first-order chi connectivity index (χ1) is 12.4. The van der Waals surface area contributed by atoms with Crippen LogP contribution in [-0.2, 0) is 0 Å². The molecule has 0 aliphatic rings. The second-order valence-corrected chi connectivity index (χ2v) is 10.9. The van der Waals surface area contributed by atoms with Gasteiger partial charge in [-0.2, -0.15) is 0 Å². The fraction of sp³-hybridized carbons (Fsp3) is 0.182. The lowest BCUT2D eigenvalue weighted by atomic mass is 10.1. The summed E-state index contributed by atoms with van der Waals surface area (Å²) in [6.45, 7) is 8.50. The molecule has 0 heterocycles. The summed E-state index contributed by atoms with van der Waals surface area (Å²) in [7, 11) is -1.66. The van der Waals surface area contributed by atoms with Crippen molar-refractivity contribution in [1.82, 2.24) is 0 Å². The molecule has 0 aliphatic carbocycles. The quantitative estimate of drug-likeness (QED) is 0.515. The van der Waals surface area contributed by atoms with Gasteiger partial charge in [0.1, 0.15) is 0 Å². The summed E-state index contributed by atoms with van der Waals surface area (Å²) >= 11 is 0. The fourth-order valence-corrected chi connectivity index (χ4v) is 6.92. The van der Waals surface area contributed by atoms with Crippen LogP contribution < -0.4 is 20.7 Å². The van der Waals surface area contributed by atoms with Crippen LogP contribution in [0, 0.1) is 27.7 Å². The zero-order chi connectivity index (χ0) is 18.8. The van der Waals surface area contributed by atoms with Gasteiger partial charge in [0.05, 0.1) is 19.0 Å². The second kappa shape index (κ2) is 7.52. The fourth-order valence-electron chi connectivity index (χ4n) is 3.37. The Balaban J connectivity index is 1.91. The average molecular weight is 379 g/mol. The molecule has 3 rings (SSSR count). The van der Waals surface area contributed by atoms with Crippen LogP contribution in [0.15, 0.2) is 48.5 Å². The summed E-state index contributed by atoms with van der Waals surface area (Å²) in [4.78, 5) is 0. The summed E-state index contributed by atoms with van der Waals surface area (Å²) in [5.41, 5.74) is 5.15. The van der Waals surface area contributed by atoms with Crippen molar-refractivity contribution < 1.29 is 10.2 Å². The Kier molecular flexibility index (Phi) is 5.34. The minimum absolute atomic E-state index is 0.0906. The molecule has 0 amide bonds. The van der Waals surface area contributed by atoms with E-state index in [0.29, 0.717) is 0 Å². The monoisotopic (exact) mass is 378 g/mol. The minimum Gasteiger partial charge on any atom is -0.504 e. The Hall–Kier alpha value is -2.31. The molecule has 0 atom stereocenters. The molecule has 0 radical (unpaired) electrons. The smallest absolute Gasteiger partial charge is 0.156 e. The maximum Gasteiger partial charge on any atom is 0.156 e. The summed E-state index contributed by atoms with van der Waals surface area (Å²) in [5, 5.41) is 25.7. The van der Waals surface area contributed by atoms with E-state index in [1.165, 1.54) is 32.6 Å². The van der Waals surface area contributed by atoms with E-state index in [9.17, 15) is 10.2 Å². The van der Waals surface area contributed by atoms with Crippen molar-refractivity contribution in [3.63, 3.8) is 0 Å². The minimum atomic E-state index is -0.830. The average Bonchev–Trinajstić information content (AvgIpc) is 2.62.